The smallest absolute Gasteiger partial charge is 0.188 e. The highest BCUT2D eigenvalue weighted by Gasteiger charge is 2.12. The topological polar surface area (TPSA) is 66.4 Å². The summed E-state index contributed by atoms with van der Waals surface area (Å²) in [4.78, 5) is 0. The fourth-order valence-electron chi connectivity index (χ4n) is 2.42. The molecule has 0 aliphatic carbocycles. The van der Waals surface area contributed by atoms with E-state index in [0.29, 0.717) is 30.1 Å². The highest BCUT2D eigenvalue weighted by molar-refractivity contribution is 5.55. The van der Waals surface area contributed by atoms with Gasteiger partial charge in [-0.05, 0) is 24.1 Å². The van der Waals surface area contributed by atoms with Crippen LogP contribution in [0.25, 0.3) is 6.08 Å². The average molecular weight is 386 g/mol. The van der Waals surface area contributed by atoms with Crippen LogP contribution in [0.1, 0.15) is 11.1 Å². The van der Waals surface area contributed by atoms with Gasteiger partial charge in [-0.2, -0.15) is 0 Å². The van der Waals surface area contributed by atoms with Crippen molar-refractivity contribution in [2.24, 2.45) is 0 Å². The molecule has 0 aliphatic heterocycles. The maximum absolute atomic E-state index is 10.4. The number of ether oxygens (including phenoxy) is 5. The van der Waals surface area contributed by atoms with Crippen LogP contribution >= 0.6 is 0 Å². The molecule has 2 aromatic carbocycles. The predicted molar refractivity (Wildman–Crippen MR) is 108 cm³/mol. The van der Waals surface area contributed by atoms with Gasteiger partial charge in [0.05, 0.1) is 0 Å². The Hall–Kier alpha value is -2.96. The fourth-order valence-corrected chi connectivity index (χ4v) is 2.42. The highest BCUT2D eigenvalue weighted by Crippen LogP contribution is 2.34. The molecule has 1 N–H and O–H groups in total. The fraction of sp³-hybridized carbons (Fsp3) is 0.273. The van der Waals surface area contributed by atoms with Crippen molar-refractivity contribution in [2.75, 3.05) is 34.4 Å². The first-order valence-corrected chi connectivity index (χ1v) is 8.77. The van der Waals surface area contributed by atoms with Crippen LogP contribution in [0.5, 0.6) is 23.0 Å². The molecule has 0 aromatic heterocycles. The predicted octanol–water partition coefficient (Wildman–Crippen LogP) is 4.18. The molecule has 2 aromatic rings. The van der Waals surface area contributed by atoms with Gasteiger partial charge >= 0.3 is 0 Å². The lowest BCUT2D eigenvalue weighted by Crippen LogP contribution is -2.04. The Morgan fingerprint density at radius 2 is 1.64 bits per heavy atom. The maximum Gasteiger partial charge on any atom is 0.188 e. The molecule has 0 radical (unpaired) electrons. The van der Waals surface area contributed by atoms with E-state index in [9.17, 15) is 5.11 Å². The summed E-state index contributed by atoms with van der Waals surface area (Å²) in [6.07, 6.45) is 6.09. The minimum atomic E-state index is 0.0655. The molecule has 0 bridgehead atoms. The van der Waals surface area contributed by atoms with Gasteiger partial charge in [0.1, 0.15) is 29.6 Å². The van der Waals surface area contributed by atoms with Crippen molar-refractivity contribution >= 4 is 6.08 Å². The van der Waals surface area contributed by atoms with Crippen LogP contribution in [-0.2, 0) is 15.9 Å². The van der Waals surface area contributed by atoms with Crippen molar-refractivity contribution in [3.8, 4) is 23.0 Å². The Morgan fingerprint density at radius 1 is 0.929 bits per heavy atom. The summed E-state index contributed by atoms with van der Waals surface area (Å²) in [6.45, 7) is 4.25. The molecule has 0 saturated heterocycles. The first kappa shape index (κ1) is 21.3. The van der Waals surface area contributed by atoms with E-state index in [1.54, 1.807) is 12.1 Å². The SMILES string of the molecule is C=CCOc1ccc(C=CCc2c(O)cc(OCOC)cc2OCOC)cc1. The van der Waals surface area contributed by atoms with Crippen LogP contribution < -0.4 is 14.2 Å². The molecule has 0 unspecified atom stereocenters. The van der Waals surface area contributed by atoms with Gasteiger partial charge in [0.2, 0.25) is 0 Å². The van der Waals surface area contributed by atoms with E-state index in [1.807, 2.05) is 36.4 Å². The average Bonchev–Trinajstić information content (AvgIpc) is 2.71. The number of allylic oxidation sites excluding steroid dienone is 1. The van der Waals surface area contributed by atoms with Crippen LogP contribution in [-0.4, -0.2) is 39.5 Å². The van der Waals surface area contributed by atoms with E-state index in [0.717, 1.165) is 11.3 Å². The molecule has 0 heterocycles. The molecule has 0 spiro atoms. The number of aromatic hydroxyl groups is 1. The standard InChI is InChI=1S/C22H26O6/c1-4-12-26-18-10-8-17(9-11-18)6-5-7-20-21(23)13-19(27-15-24-2)14-22(20)28-16-25-3/h4-6,8-11,13-14,23H,1,7,12,15-16H2,2-3H3. The van der Waals surface area contributed by atoms with Crippen LogP contribution in [0.3, 0.4) is 0 Å². The molecule has 6 nitrogen and oxygen atoms in total. The van der Waals surface area contributed by atoms with Gasteiger partial charge in [-0.3, -0.25) is 0 Å². The van der Waals surface area contributed by atoms with Gasteiger partial charge in [-0.15, -0.1) is 0 Å². The molecule has 0 amide bonds. The third-order valence-electron chi connectivity index (χ3n) is 3.71. The summed E-state index contributed by atoms with van der Waals surface area (Å²) < 4.78 is 26.3. The van der Waals surface area contributed by atoms with E-state index < -0.39 is 0 Å². The molecule has 150 valence electrons. The highest BCUT2D eigenvalue weighted by atomic mass is 16.7. The van der Waals surface area contributed by atoms with E-state index >= 15 is 0 Å². The first-order chi connectivity index (χ1) is 13.7. The van der Waals surface area contributed by atoms with Crippen molar-refractivity contribution in [3.05, 3.63) is 66.3 Å². The van der Waals surface area contributed by atoms with Crippen LogP contribution in [0.4, 0.5) is 0 Å². The number of phenols is 1. The number of hydrogen-bond donors (Lipinski definition) is 1. The largest absolute Gasteiger partial charge is 0.507 e. The van der Waals surface area contributed by atoms with Crippen molar-refractivity contribution in [3.63, 3.8) is 0 Å². The maximum atomic E-state index is 10.4. The van der Waals surface area contributed by atoms with Gasteiger partial charge < -0.3 is 28.8 Å². The monoisotopic (exact) mass is 386 g/mol. The van der Waals surface area contributed by atoms with E-state index in [1.165, 1.54) is 20.3 Å². The molecule has 0 fully saturated rings. The lowest BCUT2D eigenvalue weighted by molar-refractivity contribution is 0.0453. The zero-order valence-corrected chi connectivity index (χ0v) is 16.2. The Kier molecular flexibility index (Phi) is 8.91. The van der Waals surface area contributed by atoms with Gasteiger partial charge in [0.15, 0.2) is 13.6 Å². The number of benzene rings is 2. The normalized spacial score (nSPS) is 10.8. The summed E-state index contributed by atoms with van der Waals surface area (Å²) in [5.74, 6) is 1.81. The third kappa shape index (κ3) is 6.64. The second kappa shape index (κ2) is 11.7. The molecular weight excluding hydrogens is 360 g/mol. The lowest BCUT2D eigenvalue weighted by Gasteiger charge is -2.14. The number of methoxy groups -OCH3 is 2. The number of hydrogen-bond acceptors (Lipinski definition) is 6. The van der Waals surface area contributed by atoms with Crippen molar-refractivity contribution in [1.82, 2.24) is 0 Å². The van der Waals surface area contributed by atoms with Gasteiger partial charge in [-0.25, -0.2) is 0 Å². The van der Waals surface area contributed by atoms with Crippen molar-refractivity contribution in [2.45, 2.75) is 6.42 Å². The zero-order chi connectivity index (χ0) is 20.2. The van der Waals surface area contributed by atoms with Crippen LogP contribution in [0, 0.1) is 0 Å². The molecule has 6 heteroatoms. The quantitative estimate of drug-likeness (QED) is 0.436. The van der Waals surface area contributed by atoms with Crippen molar-refractivity contribution < 1.29 is 28.8 Å². The molecule has 2 rings (SSSR count). The number of rotatable bonds is 12. The summed E-state index contributed by atoms with van der Waals surface area (Å²) in [5.41, 5.74) is 1.66. The Labute approximate surface area is 165 Å². The molecular formula is C22H26O6. The molecule has 28 heavy (non-hydrogen) atoms. The van der Waals surface area contributed by atoms with E-state index in [2.05, 4.69) is 6.58 Å². The van der Waals surface area contributed by atoms with E-state index in [-0.39, 0.29) is 19.3 Å². The Balaban J connectivity index is 2.10. The summed E-state index contributed by atoms with van der Waals surface area (Å²) in [5, 5.41) is 10.4. The third-order valence-corrected chi connectivity index (χ3v) is 3.71. The van der Waals surface area contributed by atoms with E-state index in [4.69, 9.17) is 23.7 Å². The van der Waals surface area contributed by atoms with Crippen LogP contribution in [0.15, 0.2) is 55.1 Å². The Morgan fingerprint density at radius 3 is 2.32 bits per heavy atom. The Bertz CT molecular complexity index is 767. The van der Waals surface area contributed by atoms with Gasteiger partial charge in [-0.1, -0.05) is 36.9 Å². The lowest BCUT2D eigenvalue weighted by atomic mass is 10.1. The first-order valence-electron chi connectivity index (χ1n) is 8.77. The molecule has 0 aliphatic rings. The number of phenolic OH excluding ortho intramolecular Hbond substituents is 1. The second-order valence-corrected chi connectivity index (χ2v) is 5.80. The summed E-state index contributed by atoms with van der Waals surface area (Å²) >= 11 is 0. The van der Waals surface area contributed by atoms with Crippen LogP contribution in [0.2, 0.25) is 0 Å². The van der Waals surface area contributed by atoms with Gasteiger partial charge in [0, 0.05) is 31.9 Å². The van der Waals surface area contributed by atoms with Crippen molar-refractivity contribution in [1.29, 1.82) is 0 Å². The zero-order valence-electron chi connectivity index (χ0n) is 16.2. The molecule has 0 atom stereocenters. The van der Waals surface area contributed by atoms with Gasteiger partial charge in [0.25, 0.3) is 0 Å². The minimum Gasteiger partial charge on any atom is -0.507 e. The second-order valence-electron chi connectivity index (χ2n) is 5.80. The summed E-state index contributed by atoms with van der Waals surface area (Å²) in [6, 6.07) is 10.9. The molecule has 0 saturated carbocycles. The minimum absolute atomic E-state index is 0.0655. The summed E-state index contributed by atoms with van der Waals surface area (Å²) in [7, 11) is 3.06.